The van der Waals surface area contributed by atoms with Crippen LogP contribution in [0.15, 0.2) is 22.7 Å². The van der Waals surface area contributed by atoms with Gasteiger partial charge in [-0.1, -0.05) is 0 Å². The molecule has 0 saturated carbocycles. The van der Waals surface area contributed by atoms with Gasteiger partial charge in [-0.2, -0.15) is 0 Å². The number of ether oxygens (including phenoxy) is 2. The molecule has 0 radical (unpaired) electrons. The van der Waals surface area contributed by atoms with Gasteiger partial charge in [-0.05, 0) is 53.8 Å². The van der Waals surface area contributed by atoms with Gasteiger partial charge in [0.1, 0.15) is 6.61 Å². The van der Waals surface area contributed by atoms with E-state index in [2.05, 4.69) is 15.9 Å². The lowest BCUT2D eigenvalue weighted by Crippen LogP contribution is -2.19. The quantitative estimate of drug-likeness (QED) is 0.770. The number of hydrogen-bond acceptors (Lipinski definition) is 4. The second-order valence-electron chi connectivity index (χ2n) is 4.36. The van der Waals surface area contributed by atoms with Crippen LogP contribution in [0.3, 0.4) is 0 Å². The summed E-state index contributed by atoms with van der Waals surface area (Å²) in [6.07, 6.45) is 2.58. The van der Waals surface area contributed by atoms with E-state index < -0.39 is 5.97 Å². The Balaban J connectivity index is 2.93. The Morgan fingerprint density at radius 1 is 1.45 bits per heavy atom. The van der Waals surface area contributed by atoms with Crippen molar-refractivity contribution in [3.05, 3.63) is 28.2 Å². The second kappa shape index (κ2) is 7.91. The van der Waals surface area contributed by atoms with Crippen LogP contribution in [0.25, 0.3) is 6.08 Å². The molecule has 0 heterocycles. The van der Waals surface area contributed by atoms with Crippen molar-refractivity contribution in [1.29, 1.82) is 0 Å². The number of hydrogen-bond donors (Lipinski definition) is 1. The van der Waals surface area contributed by atoms with Gasteiger partial charge < -0.3 is 19.5 Å². The highest BCUT2D eigenvalue weighted by molar-refractivity contribution is 9.10. The Hall–Kier alpha value is -1.53. The summed E-state index contributed by atoms with van der Waals surface area (Å²) in [6.45, 7) is 1.32. The van der Waals surface area contributed by atoms with E-state index in [-0.39, 0.29) is 0 Å². The van der Waals surface area contributed by atoms with E-state index in [1.807, 2.05) is 19.0 Å². The van der Waals surface area contributed by atoms with Crippen LogP contribution in [-0.4, -0.2) is 50.3 Å². The van der Waals surface area contributed by atoms with Crippen LogP contribution in [0.2, 0.25) is 0 Å². The first-order valence-corrected chi connectivity index (χ1v) is 6.79. The summed E-state index contributed by atoms with van der Waals surface area (Å²) in [5.41, 5.74) is 0.719. The first-order valence-electron chi connectivity index (χ1n) is 6.00. The molecule has 110 valence electrons. The SMILES string of the molecule is COc1cc(C=CC(=O)O)cc(Br)c1OCCN(C)C. The van der Waals surface area contributed by atoms with Crippen LogP contribution in [0, 0.1) is 0 Å². The molecule has 0 bridgehead atoms. The minimum absolute atomic E-state index is 0.534. The van der Waals surface area contributed by atoms with Gasteiger partial charge in [0.25, 0.3) is 0 Å². The van der Waals surface area contributed by atoms with E-state index in [0.717, 1.165) is 22.7 Å². The fourth-order valence-electron chi connectivity index (χ4n) is 1.47. The smallest absolute Gasteiger partial charge is 0.328 e. The number of aliphatic carboxylic acids is 1. The van der Waals surface area contributed by atoms with Crippen LogP contribution in [0.1, 0.15) is 5.56 Å². The van der Waals surface area contributed by atoms with Crippen LogP contribution in [-0.2, 0) is 4.79 Å². The minimum atomic E-state index is -0.994. The summed E-state index contributed by atoms with van der Waals surface area (Å²) in [4.78, 5) is 12.5. The maximum atomic E-state index is 10.5. The fraction of sp³-hybridized carbons (Fsp3) is 0.357. The number of nitrogens with zero attached hydrogens (tertiary/aromatic N) is 1. The summed E-state index contributed by atoms with van der Waals surface area (Å²) in [5, 5.41) is 8.63. The minimum Gasteiger partial charge on any atom is -0.493 e. The molecule has 0 atom stereocenters. The average molecular weight is 344 g/mol. The van der Waals surface area contributed by atoms with Crippen molar-refractivity contribution >= 4 is 28.0 Å². The van der Waals surface area contributed by atoms with Gasteiger partial charge >= 0.3 is 5.97 Å². The van der Waals surface area contributed by atoms with E-state index in [1.54, 1.807) is 19.2 Å². The van der Waals surface area contributed by atoms with E-state index >= 15 is 0 Å². The standard InChI is InChI=1S/C14H18BrNO4/c1-16(2)6-7-20-14-11(15)8-10(4-5-13(17)18)9-12(14)19-3/h4-5,8-9H,6-7H2,1-3H3,(H,17,18). The predicted octanol–water partition coefficient (Wildman–Crippen LogP) is 2.50. The van der Waals surface area contributed by atoms with Crippen molar-refractivity contribution in [2.24, 2.45) is 0 Å². The van der Waals surface area contributed by atoms with Gasteiger partial charge in [-0.25, -0.2) is 4.79 Å². The van der Waals surface area contributed by atoms with Gasteiger partial charge in [0.15, 0.2) is 11.5 Å². The Kier molecular flexibility index (Phi) is 6.54. The van der Waals surface area contributed by atoms with Gasteiger partial charge in [0, 0.05) is 12.6 Å². The zero-order valence-electron chi connectivity index (χ0n) is 11.7. The largest absolute Gasteiger partial charge is 0.493 e. The second-order valence-corrected chi connectivity index (χ2v) is 5.21. The van der Waals surface area contributed by atoms with Gasteiger partial charge in [-0.3, -0.25) is 0 Å². The lowest BCUT2D eigenvalue weighted by molar-refractivity contribution is -0.131. The molecule has 0 saturated heterocycles. The summed E-state index contributed by atoms with van der Waals surface area (Å²) >= 11 is 3.41. The maximum Gasteiger partial charge on any atom is 0.328 e. The molecule has 5 nitrogen and oxygen atoms in total. The molecule has 0 spiro atoms. The monoisotopic (exact) mass is 343 g/mol. The van der Waals surface area contributed by atoms with E-state index in [1.165, 1.54) is 6.08 Å². The molecular formula is C14H18BrNO4. The molecule has 0 fully saturated rings. The summed E-state index contributed by atoms with van der Waals surface area (Å²) < 4.78 is 11.7. The van der Waals surface area contributed by atoms with Gasteiger partial charge in [0.05, 0.1) is 11.6 Å². The summed E-state index contributed by atoms with van der Waals surface area (Å²) in [7, 11) is 5.48. The first kappa shape index (κ1) is 16.5. The number of benzene rings is 1. The van der Waals surface area contributed by atoms with E-state index in [0.29, 0.717) is 18.1 Å². The number of methoxy groups -OCH3 is 1. The zero-order chi connectivity index (χ0) is 15.1. The lowest BCUT2D eigenvalue weighted by Gasteiger charge is -2.15. The number of rotatable bonds is 7. The third kappa shape index (κ3) is 5.22. The number of carboxylic acids is 1. The highest BCUT2D eigenvalue weighted by Crippen LogP contribution is 2.37. The number of halogens is 1. The van der Waals surface area contributed by atoms with E-state index in [4.69, 9.17) is 14.6 Å². The third-order valence-corrected chi connectivity index (χ3v) is 3.04. The molecule has 0 amide bonds. The lowest BCUT2D eigenvalue weighted by atomic mass is 10.2. The maximum absolute atomic E-state index is 10.5. The number of carboxylic acid groups (broad SMARTS) is 1. The molecular weight excluding hydrogens is 326 g/mol. The highest BCUT2D eigenvalue weighted by Gasteiger charge is 2.11. The number of likely N-dealkylation sites (N-methyl/N-ethyl adjacent to an activating group) is 1. The molecule has 20 heavy (non-hydrogen) atoms. The van der Waals surface area contributed by atoms with Crippen molar-refractivity contribution in [1.82, 2.24) is 4.90 Å². The zero-order valence-corrected chi connectivity index (χ0v) is 13.3. The first-order chi connectivity index (χ1) is 9.43. The molecule has 0 aliphatic heterocycles. The molecule has 0 unspecified atom stereocenters. The molecule has 1 N–H and O–H groups in total. The molecule has 0 aliphatic rings. The predicted molar refractivity (Wildman–Crippen MR) is 81.4 cm³/mol. The van der Waals surface area contributed by atoms with Crippen molar-refractivity contribution in [3.8, 4) is 11.5 Å². The molecule has 0 aromatic heterocycles. The van der Waals surface area contributed by atoms with Crippen molar-refractivity contribution in [3.63, 3.8) is 0 Å². The van der Waals surface area contributed by atoms with Crippen LogP contribution >= 0.6 is 15.9 Å². The van der Waals surface area contributed by atoms with Crippen LogP contribution in [0.4, 0.5) is 0 Å². The Morgan fingerprint density at radius 3 is 2.70 bits per heavy atom. The molecule has 1 aromatic rings. The highest BCUT2D eigenvalue weighted by atomic mass is 79.9. The van der Waals surface area contributed by atoms with Crippen molar-refractivity contribution in [2.45, 2.75) is 0 Å². The van der Waals surface area contributed by atoms with Crippen LogP contribution < -0.4 is 9.47 Å². The normalized spacial score (nSPS) is 11.1. The van der Waals surface area contributed by atoms with Gasteiger partial charge in [0.2, 0.25) is 0 Å². The molecule has 0 aliphatic carbocycles. The van der Waals surface area contributed by atoms with Crippen LogP contribution in [0.5, 0.6) is 11.5 Å². The topological polar surface area (TPSA) is 59.0 Å². The Bertz CT molecular complexity index is 500. The van der Waals surface area contributed by atoms with E-state index in [9.17, 15) is 4.79 Å². The van der Waals surface area contributed by atoms with Crippen molar-refractivity contribution in [2.75, 3.05) is 34.4 Å². The Labute approximate surface area is 126 Å². The fourth-order valence-corrected chi connectivity index (χ4v) is 2.05. The summed E-state index contributed by atoms with van der Waals surface area (Å²) in [6, 6.07) is 3.52. The van der Waals surface area contributed by atoms with Gasteiger partial charge in [-0.15, -0.1) is 0 Å². The summed E-state index contributed by atoms with van der Waals surface area (Å²) in [5.74, 6) is 0.177. The number of carbonyl (C=O) groups is 1. The molecule has 1 rings (SSSR count). The Morgan fingerprint density at radius 2 is 2.15 bits per heavy atom. The third-order valence-electron chi connectivity index (χ3n) is 2.46. The molecule has 1 aromatic carbocycles. The van der Waals surface area contributed by atoms with Crippen molar-refractivity contribution < 1.29 is 19.4 Å². The molecule has 6 heteroatoms. The average Bonchev–Trinajstić information content (AvgIpc) is 2.37.